The van der Waals surface area contributed by atoms with E-state index >= 15 is 0 Å². The van der Waals surface area contributed by atoms with Crippen molar-refractivity contribution in [2.75, 3.05) is 32.6 Å². The van der Waals surface area contributed by atoms with Crippen molar-refractivity contribution in [3.05, 3.63) is 29.8 Å². The molecule has 1 amide bonds. The molecule has 0 spiro atoms. The summed E-state index contributed by atoms with van der Waals surface area (Å²) < 4.78 is 4.64. The molecule has 0 atom stereocenters. The third kappa shape index (κ3) is 3.56. The Morgan fingerprint density at radius 3 is 2.72 bits per heavy atom. The van der Waals surface area contributed by atoms with Crippen LogP contribution < -0.4 is 10.2 Å². The number of amides is 1. The molecule has 98 valence electrons. The van der Waals surface area contributed by atoms with E-state index < -0.39 is 5.97 Å². The third-order valence-corrected chi connectivity index (χ3v) is 2.62. The van der Waals surface area contributed by atoms with Gasteiger partial charge in [-0.15, -0.1) is 0 Å². The molecule has 1 aromatic carbocycles. The van der Waals surface area contributed by atoms with Gasteiger partial charge in [-0.25, -0.2) is 4.79 Å². The van der Waals surface area contributed by atoms with E-state index in [1.54, 1.807) is 38.4 Å². The van der Waals surface area contributed by atoms with Crippen LogP contribution in [0.1, 0.15) is 16.8 Å². The molecule has 0 aliphatic rings. The number of anilines is 1. The molecule has 0 unspecified atom stereocenters. The Labute approximate surface area is 107 Å². The van der Waals surface area contributed by atoms with Crippen molar-refractivity contribution in [3.8, 4) is 0 Å². The average molecular weight is 250 g/mol. The number of carbonyl (C=O) groups excluding carboxylic acids is 2. The average Bonchev–Trinajstić information content (AvgIpc) is 2.43. The largest absolute Gasteiger partial charge is 0.465 e. The van der Waals surface area contributed by atoms with Gasteiger partial charge in [0.25, 0.3) is 0 Å². The number of hydrogen-bond acceptors (Lipinski definition) is 4. The highest BCUT2D eigenvalue weighted by Gasteiger charge is 2.12. The Bertz CT molecular complexity index is 432. The molecule has 18 heavy (non-hydrogen) atoms. The molecular formula is C13H18N2O3. The first-order chi connectivity index (χ1) is 8.60. The van der Waals surface area contributed by atoms with Crippen LogP contribution in [0.25, 0.3) is 0 Å². The molecule has 1 N–H and O–H groups in total. The minimum absolute atomic E-state index is 0.00799. The van der Waals surface area contributed by atoms with E-state index in [0.717, 1.165) is 0 Å². The summed E-state index contributed by atoms with van der Waals surface area (Å²) in [5, 5.41) is 2.92. The lowest BCUT2D eigenvalue weighted by molar-refractivity contribution is -0.118. The highest BCUT2D eigenvalue weighted by molar-refractivity contribution is 5.95. The molecular weight excluding hydrogens is 232 g/mol. The van der Waals surface area contributed by atoms with Crippen molar-refractivity contribution in [1.29, 1.82) is 0 Å². The second-order valence-electron chi connectivity index (χ2n) is 3.85. The van der Waals surface area contributed by atoms with Gasteiger partial charge in [-0.3, -0.25) is 4.79 Å². The van der Waals surface area contributed by atoms with Gasteiger partial charge in [-0.2, -0.15) is 0 Å². The molecule has 0 saturated carbocycles. The normalized spacial score (nSPS) is 9.94. The minimum Gasteiger partial charge on any atom is -0.465 e. The summed E-state index contributed by atoms with van der Waals surface area (Å²) in [7, 11) is 4.82. The zero-order valence-corrected chi connectivity index (χ0v) is 10.9. The first-order valence-corrected chi connectivity index (χ1v) is 5.69. The Kier molecular flexibility index (Phi) is 5.32. The van der Waals surface area contributed by atoms with Gasteiger partial charge in [0.2, 0.25) is 5.91 Å². The number of methoxy groups -OCH3 is 1. The number of rotatable bonds is 5. The molecule has 0 aliphatic heterocycles. The second kappa shape index (κ2) is 6.76. The van der Waals surface area contributed by atoms with Gasteiger partial charge in [0, 0.05) is 25.7 Å². The standard InChI is InChI=1S/C13H18N2O3/c1-14-8-7-12(16)15(2)11-6-4-5-10(9-11)13(17)18-3/h4-6,9,14H,7-8H2,1-3H3. The summed E-state index contributed by atoms with van der Waals surface area (Å²) in [6, 6.07) is 6.80. The van der Waals surface area contributed by atoms with Crippen molar-refractivity contribution in [1.82, 2.24) is 5.32 Å². The maximum absolute atomic E-state index is 11.8. The van der Waals surface area contributed by atoms with E-state index in [-0.39, 0.29) is 5.91 Å². The number of nitrogens with one attached hydrogen (secondary N) is 1. The van der Waals surface area contributed by atoms with Crippen LogP contribution >= 0.6 is 0 Å². The fraction of sp³-hybridized carbons (Fsp3) is 0.385. The molecule has 0 radical (unpaired) electrons. The maximum atomic E-state index is 11.8. The second-order valence-corrected chi connectivity index (χ2v) is 3.85. The van der Waals surface area contributed by atoms with Crippen LogP contribution in [0.5, 0.6) is 0 Å². The van der Waals surface area contributed by atoms with Gasteiger partial charge in [0.05, 0.1) is 12.7 Å². The Hall–Kier alpha value is -1.88. The third-order valence-electron chi connectivity index (χ3n) is 2.62. The van der Waals surface area contributed by atoms with E-state index in [9.17, 15) is 9.59 Å². The van der Waals surface area contributed by atoms with Gasteiger partial charge in [-0.05, 0) is 25.2 Å². The molecule has 1 rings (SSSR count). The van der Waals surface area contributed by atoms with Gasteiger partial charge >= 0.3 is 5.97 Å². The van der Waals surface area contributed by atoms with E-state index in [2.05, 4.69) is 10.1 Å². The van der Waals surface area contributed by atoms with Crippen LogP contribution in [0.4, 0.5) is 5.69 Å². The van der Waals surface area contributed by atoms with E-state index in [4.69, 9.17) is 0 Å². The van der Waals surface area contributed by atoms with Crippen molar-refractivity contribution in [2.24, 2.45) is 0 Å². The highest BCUT2D eigenvalue weighted by Crippen LogP contribution is 2.16. The monoisotopic (exact) mass is 250 g/mol. The van der Waals surface area contributed by atoms with Crippen LogP contribution in [0.3, 0.4) is 0 Å². The SMILES string of the molecule is CNCCC(=O)N(C)c1cccc(C(=O)OC)c1. The Morgan fingerprint density at radius 2 is 2.11 bits per heavy atom. The lowest BCUT2D eigenvalue weighted by atomic mass is 10.2. The molecule has 0 aliphatic carbocycles. The van der Waals surface area contributed by atoms with Crippen molar-refractivity contribution in [2.45, 2.75) is 6.42 Å². The van der Waals surface area contributed by atoms with Crippen LogP contribution in [0.2, 0.25) is 0 Å². The predicted octanol–water partition coefficient (Wildman–Crippen LogP) is 1.05. The fourth-order valence-corrected chi connectivity index (χ4v) is 1.50. The first-order valence-electron chi connectivity index (χ1n) is 5.69. The van der Waals surface area contributed by atoms with Crippen LogP contribution in [-0.2, 0) is 9.53 Å². The van der Waals surface area contributed by atoms with Crippen molar-refractivity contribution >= 4 is 17.6 Å². The summed E-state index contributed by atoms with van der Waals surface area (Å²) in [5.41, 5.74) is 1.11. The Balaban J connectivity index is 2.82. The molecule has 0 aromatic heterocycles. The molecule has 0 fully saturated rings. The molecule has 0 saturated heterocycles. The van der Waals surface area contributed by atoms with Crippen LogP contribution in [0.15, 0.2) is 24.3 Å². The quantitative estimate of drug-likeness (QED) is 0.793. The number of ether oxygens (including phenoxy) is 1. The number of hydrogen-bond donors (Lipinski definition) is 1. The smallest absolute Gasteiger partial charge is 0.337 e. The van der Waals surface area contributed by atoms with E-state index in [0.29, 0.717) is 24.2 Å². The van der Waals surface area contributed by atoms with Gasteiger partial charge in [0.1, 0.15) is 0 Å². The Morgan fingerprint density at radius 1 is 1.39 bits per heavy atom. The summed E-state index contributed by atoms with van der Waals surface area (Å²) in [6.07, 6.45) is 0.412. The molecule has 1 aromatic rings. The predicted molar refractivity (Wildman–Crippen MR) is 69.7 cm³/mol. The van der Waals surface area contributed by atoms with Gasteiger partial charge in [0.15, 0.2) is 0 Å². The summed E-state index contributed by atoms with van der Waals surface area (Å²) in [5.74, 6) is -0.417. The van der Waals surface area contributed by atoms with Crippen molar-refractivity contribution in [3.63, 3.8) is 0 Å². The molecule has 5 nitrogen and oxygen atoms in total. The van der Waals surface area contributed by atoms with Gasteiger partial charge in [-0.1, -0.05) is 6.07 Å². The van der Waals surface area contributed by atoms with Gasteiger partial charge < -0.3 is 15.0 Å². The minimum atomic E-state index is -0.409. The lowest BCUT2D eigenvalue weighted by Crippen LogP contribution is -2.29. The van der Waals surface area contributed by atoms with Crippen molar-refractivity contribution < 1.29 is 14.3 Å². The summed E-state index contributed by atoms with van der Waals surface area (Å²) in [4.78, 5) is 24.7. The molecule has 0 bridgehead atoms. The number of esters is 1. The fourth-order valence-electron chi connectivity index (χ4n) is 1.50. The molecule has 0 heterocycles. The number of benzene rings is 1. The van der Waals surface area contributed by atoms with Crippen LogP contribution in [-0.4, -0.2) is 39.6 Å². The topological polar surface area (TPSA) is 58.6 Å². The summed E-state index contributed by atoms with van der Waals surface area (Å²) in [6.45, 7) is 0.625. The lowest BCUT2D eigenvalue weighted by Gasteiger charge is -2.17. The summed E-state index contributed by atoms with van der Waals surface area (Å²) >= 11 is 0. The highest BCUT2D eigenvalue weighted by atomic mass is 16.5. The first kappa shape index (κ1) is 14.2. The van der Waals surface area contributed by atoms with Crippen LogP contribution in [0, 0.1) is 0 Å². The zero-order chi connectivity index (χ0) is 13.5. The molecule has 5 heteroatoms. The van der Waals surface area contributed by atoms with E-state index in [1.807, 2.05) is 0 Å². The van der Waals surface area contributed by atoms with E-state index in [1.165, 1.54) is 12.0 Å². The zero-order valence-electron chi connectivity index (χ0n) is 10.9. The number of carbonyl (C=O) groups is 2. The number of nitrogens with zero attached hydrogens (tertiary/aromatic N) is 1. The maximum Gasteiger partial charge on any atom is 0.337 e.